The number of hydrogen-bond acceptors (Lipinski definition) is 11. The van der Waals surface area contributed by atoms with Gasteiger partial charge in [-0.3, -0.25) is 18.8 Å². The van der Waals surface area contributed by atoms with Crippen LogP contribution >= 0.6 is 0 Å². The molecule has 6 aromatic rings. The number of benzene rings is 6. The van der Waals surface area contributed by atoms with E-state index in [2.05, 4.69) is 84.4 Å². The Morgan fingerprint density at radius 2 is 1.03 bits per heavy atom. The Labute approximate surface area is 414 Å². The summed E-state index contributed by atoms with van der Waals surface area (Å²) in [5.74, 6) is 3.45. The van der Waals surface area contributed by atoms with Crippen LogP contribution in [0.4, 0.5) is 4.39 Å². The Balaban J connectivity index is 0.000000314. The molecule has 374 valence electrons. The molecule has 0 unspecified atom stereocenters. The fourth-order valence-corrected chi connectivity index (χ4v) is 7.10. The summed E-state index contributed by atoms with van der Waals surface area (Å²) in [6.07, 6.45) is 1.58. The van der Waals surface area contributed by atoms with Gasteiger partial charge in [-0.15, -0.1) is 0 Å². The summed E-state index contributed by atoms with van der Waals surface area (Å²) in [6, 6.07) is 40.3. The Hall–Kier alpha value is -7.42. The molecule has 70 heavy (non-hydrogen) atoms. The van der Waals surface area contributed by atoms with Crippen LogP contribution < -0.4 is 50.1 Å². The predicted octanol–water partition coefficient (Wildman–Crippen LogP) is 9.61. The number of hydrogen-bond donors (Lipinski definition) is 4. The first-order chi connectivity index (χ1) is 34.4. The number of carbonyl (C=O) groups excluding carboxylic acids is 3. The summed E-state index contributed by atoms with van der Waals surface area (Å²) in [5, 5.41) is 8.69. The molecule has 0 aromatic heterocycles. The lowest BCUT2D eigenvalue weighted by atomic mass is 9.97. The van der Waals surface area contributed by atoms with E-state index in [1.54, 1.807) is 26.4 Å². The van der Waals surface area contributed by atoms with Crippen molar-refractivity contribution < 1.29 is 48.6 Å². The molecule has 0 saturated carbocycles. The second-order valence-corrected chi connectivity index (χ2v) is 15.4. The highest BCUT2D eigenvalue weighted by Gasteiger charge is 2.16. The molecule has 0 spiro atoms. The zero-order valence-corrected chi connectivity index (χ0v) is 41.6. The van der Waals surface area contributed by atoms with Crippen LogP contribution in [0.3, 0.4) is 0 Å². The lowest BCUT2D eigenvalue weighted by molar-refractivity contribution is -0.119. The number of aldehydes is 1. The Morgan fingerprint density at radius 3 is 1.41 bits per heavy atom. The van der Waals surface area contributed by atoms with Crippen molar-refractivity contribution in [2.24, 2.45) is 5.73 Å². The number of methoxy groups -OCH3 is 4. The van der Waals surface area contributed by atoms with E-state index in [1.165, 1.54) is 61.4 Å². The van der Waals surface area contributed by atoms with E-state index in [4.69, 9.17) is 35.5 Å². The van der Waals surface area contributed by atoms with Crippen molar-refractivity contribution in [1.29, 1.82) is 0 Å². The molecule has 0 radical (unpaired) electrons. The smallest absolute Gasteiger partial charge is 0.216 e. The maximum absolute atomic E-state index is 11.3. The summed E-state index contributed by atoms with van der Waals surface area (Å²) in [5.41, 5.74) is 15.8. The van der Waals surface area contributed by atoms with Gasteiger partial charge in [-0.1, -0.05) is 97.1 Å². The molecular weight excluding hydrogens is 892 g/mol. The van der Waals surface area contributed by atoms with Gasteiger partial charge in [0.15, 0.2) is 6.29 Å². The number of ether oxygens (including phenoxy) is 6. The molecule has 13 nitrogen and oxygen atoms in total. The summed E-state index contributed by atoms with van der Waals surface area (Å²) >= 11 is 0. The van der Waals surface area contributed by atoms with Crippen LogP contribution in [0.5, 0.6) is 34.5 Å². The van der Waals surface area contributed by atoms with Gasteiger partial charge in [-0.25, -0.2) is 0 Å². The first-order valence-electron chi connectivity index (χ1n) is 23.3. The van der Waals surface area contributed by atoms with Gasteiger partial charge in [-0.2, -0.15) is 0 Å². The van der Waals surface area contributed by atoms with Crippen LogP contribution in [0.15, 0.2) is 121 Å². The normalized spacial score (nSPS) is 10.2. The van der Waals surface area contributed by atoms with Gasteiger partial charge >= 0.3 is 0 Å². The molecule has 6 rings (SSSR count). The van der Waals surface area contributed by atoms with Crippen molar-refractivity contribution in [2.45, 2.75) is 53.9 Å². The average Bonchev–Trinajstić information content (AvgIpc) is 3.38. The van der Waals surface area contributed by atoms with E-state index < -0.39 is 7.15 Å². The lowest BCUT2D eigenvalue weighted by Crippen LogP contribution is -2.30. The molecule has 0 saturated heterocycles. The molecule has 0 aliphatic rings. The minimum Gasteiger partial charge on any atom is -0.496 e. The van der Waals surface area contributed by atoms with Crippen molar-refractivity contribution in [3.05, 3.63) is 155 Å². The van der Waals surface area contributed by atoms with Crippen LogP contribution in [0, 0.1) is 13.8 Å². The Bertz CT molecular complexity index is 2500. The molecule has 0 bridgehead atoms. The standard InChI is InChI=1S/C27H32N2O4.C23H22O4.C5H12N2O.CH3F/c1-19-22(11-8-12-24(19)21-9-6-5-7-10-21)18-33-23-15-26(31-3)25(27(16-23)32-4)17-28-13-14-29-20(2)30;1-16-18(10-7-11-20(16)17-8-5-4-6-9-17)15-27-19-12-22(25-2)21(14-24)23(13-19)26-3;1-5(8)7-4-2-3-6;1-2/h5-12,15-16,28H,13-14,17-18H2,1-4H3,(H,29,30);4-14H,15H2,1-3H3;2-4,6H2,1H3,(H,7,8);1H3/i;;;1D. The van der Waals surface area contributed by atoms with Crippen LogP contribution in [-0.4, -0.2) is 79.9 Å². The van der Waals surface area contributed by atoms with Crippen LogP contribution in [0.2, 0.25) is 0 Å². The lowest BCUT2D eigenvalue weighted by Gasteiger charge is -2.17. The molecule has 5 N–H and O–H groups in total. The first-order valence-corrected chi connectivity index (χ1v) is 22.6. The van der Waals surface area contributed by atoms with Gasteiger partial charge in [0, 0.05) is 64.3 Å². The molecule has 0 fully saturated rings. The third-order valence-electron chi connectivity index (χ3n) is 10.8. The van der Waals surface area contributed by atoms with Gasteiger partial charge in [-0.05, 0) is 71.3 Å². The maximum atomic E-state index is 11.3. The van der Waals surface area contributed by atoms with E-state index in [0.29, 0.717) is 86.0 Å². The highest BCUT2D eigenvalue weighted by molar-refractivity contribution is 5.84. The monoisotopic (exact) mass is 962 g/mol. The molecule has 14 heteroatoms. The zero-order valence-electron chi connectivity index (χ0n) is 42.6. The van der Waals surface area contributed by atoms with Crippen LogP contribution in [0.25, 0.3) is 22.3 Å². The maximum Gasteiger partial charge on any atom is 0.216 e. The first kappa shape index (κ1) is 55.2. The number of nitrogens with two attached hydrogens (primary N) is 1. The van der Waals surface area contributed by atoms with E-state index in [-0.39, 0.29) is 11.8 Å². The Kier molecular flexibility index (Phi) is 24.9. The highest BCUT2D eigenvalue weighted by Crippen LogP contribution is 2.36. The van der Waals surface area contributed by atoms with E-state index in [1.807, 2.05) is 54.6 Å². The molecule has 2 amide bonds. The molecule has 0 aliphatic carbocycles. The third kappa shape index (κ3) is 17.9. The minimum absolute atomic E-state index is 0.0125. The minimum atomic E-state index is -1.00. The van der Waals surface area contributed by atoms with E-state index in [9.17, 15) is 18.8 Å². The van der Waals surface area contributed by atoms with Crippen LogP contribution in [0.1, 0.15) is 59.8 Å². The molecule has 0 heterocycles. The summed E-state index contributed by atoms with van der Waals surface area (Å²) in [7, 11) is 5.29. The van der Waals surface area contributed by atoms with E-state index in [0.717, 1.165) is 29.4 Å². The SMILES string of the molecule is CC(=O)NCCCN.COc1cc(OCc2cccc(-c3ccccc3)c2C)cc(OC)c1C=O.COc1cc(OCc2cccc(-c3ccccc3)c2C)cc(OC)c1CNCCNC(C)=O.[2H]CF. The fraction of sp³-hybridized carbons (Fsp3) is 0.304. The van der Waals surface area contributed by atoms with Crippen LogP contribution in [-0.2, 0) is 29.3 Å². The quantitative estimate of drug-likeness (QED) is 0.0401. The highest BCUT2D eigenvalue weighted by atomic mass is 19.1. The second kappa shape index (κ2) is 31.6. The van der Waals surface area contributed by atoms with Crippen molar-refractivity contribution in [1.82, 2.24) is 16.0 Å². The summed E-state index contributed by atoms with van der Waals surface area (Å²) in [6.45, 7) is 11.1. The molecular formula is C56H69FN4O9. The number of alkyl halides is 1. The number of nitrogens with one attached hydrogen (secondary N) is 3. The summed E-state index contributed by atoms with van der Waals surface area (Å²) in [4.78, 5) is 32.4. The topological polar surface area (TPSA) is 169 Å². The fourth-order valence-electron chi connectivity index (χ4n) is 7.10. The predicted molar refractivity (Wildman–Crippen MR) is 276 cm³/mol. The van der Waals surface area contributed by atoms with Crippen molar-refractivity contribution in [3.8, 4) is 56.8 Å². The van der Waals surface area contributed by atoms with E-state index >= 15 is 0 Å². The van der Waals surface area contributed by atoms with Crippen molar-refractivity contribution >= 4 is 18.1 Å². The third-order valence-corrected chi connectivity index (χ3v) is 10.8. The molecule has 0 aliphatic heterocycles. The number of carbonyl (C=O) groups is 3. The van der Waals surface area contributed by atoms with Gasteiger partial charge in [0.1, 0.15) is 47.7 Å². The average molecular weight is 962 g/mol. The molecule has 0 atom stereocenters. The number of halogens is 1. The van der Waals surface area contributed by atoms with Crippen molar-refractivity contribution in [2.75, 3.05) is 61.8 Å². The van der Waals surface area contributed by atoms with Gasteiger partial charge < -0.3 is 50.1 Å². The summed E-state index contributed by atoms with van der Waals surface area (Å²) < 4.78 is 49.4. The zero-order chi connectivity index (χ0) is 52.0. The van der Waals surface area contributed by atoms with Gasteiger partial charge in [0.25, 0.3) is 0 Å². The van der Waals surface area contributed by atoms with Gasteiger partial charge in [0.2, 0.25) is 11.8 Å². The second-order valence-electron chi connectivity index (χ2n) is 15.4. The molecule has 6 aromatic carbocycles. The number of rotatable bonds is 21. The van der Waals surface area contributed by atoms with Gasteiger partial charge in [0.05, 0.1) is 48.1 Å². The Morgan fingerprint density at radius 1 is 0.614 bits per heavy atom. The van der Waals surface area contributed by atoms with Crippen molar-refractivity contribution in [3.63, 3.8) is 0 Å². The largest absolute Gasteiger partial charge is 0.496 e. The number of amides is 2.